The molecule has 0 bridgehead atoms. The minimum atomic E-state index is -0.893. The van der Waals surface area contributed by atoms with E-state index in [0.717, 1.165) is 25.2 Å². The molecule has 3 rings (SSSR count). The van der Waals surface area contributed by atoms with Gasteiger partial charge >= 0.3 is 5.97 Å². The highest BCUT2D eigenvalue weighted by Gasteiger charge is 2.33. The van der Waals surface area contributed by atoms with Gasteiger partial charge in [-0.1, -0.05) is 13.8 Å². The predicted molar refractivity (Wildman–Crippen MR) is 117 cm³/mol. The van der Waals surface area contributed by atoms with E-state index in [4.69, 9.17) is 0 Å². The summed E-state index contributed by atoms with van der Waals surface area (Å²) in [7, 11) is 0. The van der Waals surface area contributed by atoms with Gasteiger partial charge in [0.25, 0.3) is 0 Å². The number of fused-ring (bicyclic) bond motifs is 1. The largest absolute Gasteiger partial charge is 0.478 e. The molecular weight excluding hydrogens is 348 g/mol. The summed E-state index contributed by atoms with van der Waals surface area (Å²) in [6.45, 7) is 15.4. The van der Waals surface area contributed by atoms with Crippen molar-refractivity contribution < 1.29 is 9.90 Å². The van der Waals surface area contributed by atoms with Gasteiger partial charge in [0.1, 0.15) is 0 Å². The van der Waals surface area contributed by atoms with Crippen molar-refractivity contribution in [1.29, 1.82) is 0 Å². The minimum absolute atomic E-state index is 0.135. The number of benzene rings is 2. The Hall–Kier alpha value is -2.49. The molecule has 0 spiro atoms. The lowest BCUT2D eigenvalue weighted by Crippen LogP contribution is -2.41. The molecule has 0 saturated carbocycles. The lowest BCUT2D eigenvalue weighted by atomic mass is 9.76. The van der Waals surface area contributed by atoms with Gasteiger partial charge in [-0.15, -0.1) is 0 Å². The smallest absolute Gasteiger partial charge is 0.335 e. The van der Waals surface area contributed by atoms with E-state index in [1.54, 1.807) is 12.1 Å². The molecule has 4 heteroatoms. The van der Waals surface area contributed by atoms with Crippen LogP contribution in [0.25, 0.3) is 0 Å². The molecule has 1 aliphatic rings. The number of carbonyl (C=O) groups is 1. The average Bonchev–Trinajstić information content (AvgIpc) is 2.63. The molecule has 1 heterocycles. The van der Waals surface area contributed by atoms with Crippen molar-refractivity contribution in [2.24, 2.45) is 0 Å². The molecule has 2 aromatic rings. The summed E-state index contributed by atoms with van der Waals surface area (Å²) in [5.74, 6) is -0.893. The Bertz CT molecular complexity index is 869. The van der Waals surface area contributed by atoms with Crippen LogP contribution in [0, 0.1) is 6.92 Å². The normalized spacial score (nSPS) is 15.5. The Balaban J connectivity index is 2.09. The molecule has 4 nitrogen and oxygen atoms in total. The molecule has 0 aliphatic carbocycles. The molecule has 0 unspecified atom stereocenters. The van der Waals surface area contributed by atoms with Crippen molar-refractivity contribution in [2.45, 2.75) is 59.4 Å². The highest BCUT2D eigenvalue weighted by atomic mass is 16.4. The number of hydrogen-bond donors (Lipinski definition) is 1. The molecule has 1 aliphatic heterocycles. The summed E-state index contributed by atoms with van der Waals surface area (Å²) in [6.07, 6.45) is 1.14. The first kappa shape index (κ1) is 20.2. The summed E-state index contributed by atoms with van der Waals surface area (Å²) in [5, 5.41) is 9.17. The number of aromatic carboxylic acids is 1. The summed E-state index contributed by atoms with van der Waals surface area (Å²) >= 11 is 0. The number of carboxylic acids is 1. The second-order valence-electron chi connectivity index (χ2n) is 8.67. The van der Waals surface area contributed by atoms with E-state index in [1.807, 2.05) is 12.1 Å². The number of rotatable bonds is 5. The van der Waals surface area contributed by atoms with Crippen LogP contribution < -0.4 is 9.80 Å². The van der Waals surface area contributed by atoms with Crippen molar-refractivity contribution in [1.82, 2.24) is 0 Å². The summed E-state index contributed by atoms with van der Waals surface area (Å²) in [4.78, 5) is 16.0. The maximum atomic E-state index is 11.2. The molecule has 0 radical (unpaired) electrons. The van der Waals surface area contributed by atoms with Gasteiger partial charge in [0.2, 0.25) is 0 Å². The fraction of sp³-hybridized carbons (Fsp3) is 0.458. The number of nitrogens with zero attached hydrogens (tertiary/aromatic N) is 2. The number of aryl methyl sites for hydroxylation is 1. The van der Waals surface area contributed by atoms with Crippen molar-refractivity contribution in [3.8, 4) is 0 Å². The van der Waals surface area contributed by atoms with E-state index in [9.17, 15) is 9.90 Å². The van der Waals surface area contributed by atoms with Gasteiger partial charge in [-0.2, -0.15) is 0 Å². The van der Waals surface area contributed by atoms with Crippen LogP contribution in [-0.4, -0.2) is 30.2 Å². The first-order chi connectivity index (χ1) is 13.2. The van der Waals surface area contributed by atoms with Gasteiger partial charge in [0.15, 0.2) is 0 Å². The third-order valence-electron chi connectivity index (χ3n) is 5.99. The van der Waals surface area contributed by atoms with Gasteiger partial charge in [0, 0.05) is 36.2 Å². The Kier molecular flexibility index (Phi) is 5.42. The van der Waals surface area contributed by atoms with Crippen LogP contribution >= 0.6 is 0 Å². The number of hydrogen-bond acceptors (Lipinski definition) is 3. The quantitative estimate of drug-likeness (QED) is 0.717. The minimum Gasteiger partial charge on any atom is -0.478 e. The number of anilines is 3. The molecule has 0 amide bonds. The molecule has 28 heavy (non-hydrogen) atoms. The van der Waals surface area contributed by atoms with Gasteiger partial charge < -0.3 is 14.9 Å². The Morgan fingerprint density at radius 1 is 1.21 bits per heavy atom. The predicted octanol–water partition coefficient (Wildman–Crippen LogP) is 5.75. The Labute approximate surface area is 168 Å². The zero-order valence-corrected chi connectivity index (χ0v) is 17.9. The van der Waals surface area contributed by atoms with E-state index in [2.05, 4.69) is 63.5 Å². The van der Waals surface area contributed by atoms with Crippen LogP contribution in [0.15, 0.2) is 36.4 Å². The molecule has 1 N–H and O–H groups in total. The SMILES string of the molecule is CCN(c1ccc(C(=O)O)cc1)c1cc2c(cc1C)N(C(C)C)CCC2(C)C. The second kappa shape index (κ2) is 7.50. The maximum Gasteiger partial charge on any atom is 0.335 e. The Morgan fingerprint density at radius 3 is 2.39 bits per heavy atom. The molecule has 0 atom stereocenters. The van der Waals surface area contributed by atoms with E-state index in [1.165, 1.54) is 22.5 Å². The molecule has 150 valence electrons. The van der Waals surface area contributed by atoms with E-state index in [0.29, 0.717) is 11.6 Å². The summed E-state index contributed by atoms with van der Waals surface area (Å²) < 4.78 is 0. The summed E-state index contributed by atoms with van der Waals surface area (Å²) in [5.41, 5.74) is 6.66. The average molecular weight is 381 g/mol. The topological polar surface area (TPSA) is 43.8 Å². The van der Waals surface area contributed by atoms with E-state index < -0.39 is 5.97 Å². The highest BCUT2D eigenvalue weighted by molar-refractivity contribution is 5.88. The van der Waals surface area contributed by atoms with Gasteiger partial charge in [-0.25, -0.2) is 4.79 Å². The zero-order chi connectivity index (χ0) is 20.6. The maximum absolute atomic E-state index is 11.2. The standard InChI is InChI=1S/C24H32N2O2/c1-7-25(19-10-8-18(9-11-19)23(27)28)21-15-20-22(14-17(21)4)26(16(2)3)13-12-24(20,5)6/h8-11,14-16H,7,12-13H2,1-6H3,(H,27,28). The van der Waals surface area contributed by atoms with Crippen LogP contribution in [0.3, 0.4) is 0 Å². The van der Waals surface area contributed by atoms with Crippen molar-refractivity contribution >= 4 is 23.0 Å². The Morgan fingerprint density at radius 2 is 1.86 bits per heavy atom. The van der Waals surface area contributed by atoms with Crippen LogP contribution in [0.5, 0.6) is 0 Å². The molecular formula is C24H32N2O2. The fourth-order valence-corrected chi connectivity index (χ4v) is 4.22. The van der Waals surface area contributed by atoms with E-state index in [-0.39, 0.29) is 5.41 Å². The van der Waals surface area contributed by atoms with Crippen LogP contribution in [-0.2, 0) is 5.41 Å². The molecule has 0 fully saturated rings. The lowest BCUT2D eigenvalue weighted by Gasteiger charge is -2.43. The molecule has 0 saturated heterocycles. The van der Waals surface area contributed by atoms with Crippen molar-refractivity contribution in [3.63, 3.8) is 0 Å². The van der Waals surface area contributed by atoms with Gasteiger partial charge in [-0.3, -0.25) is 0 Å². The third-order valence-corrected chi connectivity index (χ3v) is 5.99. The van der Waals surface area contributed by atoms with Gasteiger partial charge in [0.05, 0.1) is 5.56 Å². The highest BCUT2D eigenvalue weighted by Crippen LogP contribution is 2.44. The zero-order valence-electron chi connectivity index (χ0n) is 17.9. The van der Waals surface area contributed by atoms with E-state index >= 15 is 0 Å². The first-order valence-corrected chi connectivity index (χ1v) is 10.2. The second-order valence-corrected chi connectivity index (χ2v) is 8.67. The monoisotopic (exact) mass is 380 g/mol. The van der Waals surface area contributed by atoms with Crippen molar-refractivity contribution in [3.05, 3.63) is 53.1 Å². The summed E-state index contributed by atoms with van der Waals surface area (Å²) in [6, 6.07) is 12.3. The van der Waals surface area contributed by atoms with Gasteiger partial charge in [-0.05, 0) is 87.1 Å². The third kappa shape index (κ3) is 3.60. The van der Waals surface area contributed by atoms with Crippen LogP contribution in [0.1, 0.15) is 62.5 Å². The molecule has 0 aromatic heterocycles. The van der Waals surface area contributed by atoms with Crippen molar-refractivity contribution in [2.75, 3.05) is 22.9 Å². The first-order valence-electron chi connectivity index (χ1n) is 10.2. The van der Waals surface area contributed by atoms with Crippen LogP contribution in [0.4, 0.5) is 17.1 Å². The fourth-order valence-electron chi connectivity index (χ4n) is 4.22. The molecule has 2 aromatic carbocycles. The lowest BCUT2D eigenvalue weighted by molar-refractivity contribution is 0.0697. The van der Waals surface area contributed by atoms with Crippen LogP contribution in [0.2, 0.25) is 0 Å². The number of carboxylic acid groups (broad SMARTS) is 1.